The van der Waals surface area contributed by atoms with Crippen LogP contribution in [0, 0.1) is 0 Å². The lowest BCUT2D eigenvalue weighted by Crippen LogP contribution is -2.23. The molecular weight excluding hydrogens is 352 g/mol. The quantitative estimate of drug-likeness (QED) is 0.805. The first-order valence-corrected chi connectivity index (χ1v) is 8.68. The van der Waals surface area contributed by atoms with E-state index in [1.165, 1.54) is 13.2 Å². The van der Waals surface area contributed by atoms with Crippen LogP contribution in [0.3, 0.4) is 0 Å². The van der Waals surface area contributed by atoms with Crippen LogP contribution in [0.25, 0.3) is 6.08 Å². The number of nitrogens with one attached hydrogen (secondary N) is 1. The number of methoxy groups -OCH3 is 1. The second-order valence-corrected chi connectivity index (χ2v) is 6.29. The van der Waals surface area contributed by atoms with Crippen molar-refractivity contribution in [2.24, 2.45) is 0 Å². The summed E-state index contributed by atoms with van der Waals surface area (Å²) in [5, 5.41) is 3.18. The molecule has 3 rings (SSSR count). The molecule has 26 heavy (non-hydrogen) atoms. The molecule has 1 fully saturated rings. The highest BCUT2D eigenvalue weighted by Gasteiger charge is 2.21. The zero-order chi connectivity index (χ0) is 18.5. The number of benzene rings is 2. The van der Waals surface area contributed by atoms with Gasteiger partial charge in [0.1, 0.15) is 0 Å². The first kappa shape index (κ1) is 18.0. The molecule has 0 saturated carbocycles. The maximum absolute atomic E-state index is 12.1. The van der Waals surface area contributed by atoms with Gasteiger partial charge in [0.15, 0.2) is 5.75 Å². The van der Waals surface area contributed by atoms with Gasteiger partial charge in [0.25, 0.3) is 0 Å². The van der Waals surface area contributed by atoms with Gasteiger partial charge in [-0.2, -0.15) is 0 Å². The number of carbonyl (C=O) groups is 2. The molecule has 2 aromatic carbocycles. The number of hydrogen-bond acceptors (Lipinski definition) is 3. The van der Waals surface area contributed by atoms with Crippen molar-refractivity contribution in [2.75, 3.05) is 23.9 Å². The van der Waals surface area contributed by atoms with Crippen LogP contribution in [0.4, 0.5) is 11.4 Å². The SMILES string of the molecule is COc1c(Cl)cccc1NC(=O)C=Cc1ccc(N2CCCC2=O)cc1. The van der Waals surface area contributed by atoms with Crippen molar-refractivity contribution in [3.63, 3.8) is 0 Å². The summed E-state index contributed by atoms with van der Waals surface area (Å²) in [5.41, 5.74) is 2.27. The van der Waals surface area contributed by atoms with Crippen molar-refractivity contribution in [2.45, 2.75) is 12.8 Å². The number of para-hydroxylation sites is 1. The molecule has 2 amide bonds. The normalized spacial score (nSPS) is 14.1. The van der Waals surface area contributed by atoms with E-state index in [0.717, 1.165) is 24.2 Å². The fourth-order valence-corrected chi connectivity index (χ4v) is 3.10. The van der Waals surface area contributed by atoms with Crippen LogP contribution in [0.5, 0.6) is 5.75 Å². The number of anilines is 2. The summed E-state index contributed by atoms with van der Waals surface area (Å²) in [6.07, 6.45) is 4.65. The average Bonchev–Trinajstić information content (AvgIpc) is 3.07. The van der Waals surface area contributed by atoms with Crippen molar-refractivity contribution in [3.8, 4) is 5.75 Å². The summed E-state index contributed by atoms with van der Waals surface area (Å²) in [6, 6.07) is 12.7. The van der Waals surface area contributed by atoms with Crippen molar-refractivity contribution >= 4 is 40.9 Å². The minimum Gasteiger partial charge on any atom is -0.493 e. The monoisotopic (exact) mass is 370 g/mol. The van der Waals surface area contributed by atoms with Gasteiger partial charge in [-0.3, -0.25) is 9.59 Å². The van der Waals surface area contributed by atoms with E-state index in [1.807, 2.05) is 24.3 Å². The number of amides is 2. The highest BCUT2D eigenvalue weighted by molar-refractivity contribution is 6.32. The molecule has 1 aliphatic heterocycles. The lowest BCUT2D eigenvalue weighted by atomic mass is 10.2. The summed E-state index contributed by atoms with van der Waals surface area (Å²) in [5.74, 6) is 0.294. The van der Waals surface area contributed by atoms with Gasteiger partial charge in [-0.15, -0.1) is 0 Å². The molecule has 5 nitrogen and oxygen atoms in total. The highest BCUT2D eigenvalue weighted by atomic mass is 35.5. The Morgan fingerprint density at radius 2 is 2.00 bits per heavy atom. The number of nitrogens with zero attached hydrogens (tertiary/aromatic N) is 1. The molecule has 0 aliphatic carbocycles. The van der Waals surface area contributed by atoms with Gasteiger partial charge in [0.05, 0.1) is 17.8 Å². The molecule has 2 aromatic rings. The standard InChI is InChI=1S/C20H19ClN2O3/c1-26-20-16(21)4-2-5-17(20)22-18(24)12-9-14-7-10-15(11-8-14)23-13-3-6-19(23)25/h2,4-5,7-12H,3,6,13H2,1H3,(H,22,24). The number of ether oxygens (including phenoxy) is 1. The maximum Gasteiger partial charge on any atom is 0.248 e. The molecule has 0 radical (unpaired) electrons. The van der Waals surface area contributed by atoms with Crippen molar-refractivity contribution in [3.05, 3.63) is 59.1 Å². The van der Waals surface area contributed by atoms with Crippen LogP contribution < -0.4 is 15.0 Å². The van der Waals surface area contributed by atoms with Crippen LogP contribution >= 0.6 is 11.6 Å². The van der Waals surface area contributed by atoms with Gasteiger partial charge < -0.3 is 15.0 Å². The fourth-order valence-electron chi connectivity index (χ4n) is 2.85. The predicted molar refractivity (Wildman–Crippen MR) is 104 cm³/mol. The van der Waals surface area contributed by atoms with Crippen molar-refractivity contribution in [1.82, 2.24) is 0 Å². The number of halogens is 1. The Morgan fingerprint density at radius 1 is 1.23 bits per heavy atom. The van der Waals surface area contributed by atoms with Crippen molar-refractivity contribution in [1.29, 1.82) is 0 Å². The Morgan fingerprint density at radius 3 is 2.65 bits per heavy atom. The number of carbonyl (C=O) groups excluding carboxylic acids is 2. The second kappa shape index (κ2) is 8.06. The zero-order valence-corrected chi connectivity index (χ0v) is 15.1. The Kier molecular flexibility index (Phi) is 5.58. The van der Waals surface area contributed by atoms with Gasteiger partial charge in [0, 0.05) is 24.7 Å². The molecule has 0 bridgehead atoms. The molecule has 6 heteroatoms. The Labute approximate surface area is 157 Å². The summed E-state index contributed by atoms with van der Waals surface area (Å²) < 4.78 is 5.21. The third kappa shape index (κ3) is 4.06. The predicted octanol–water partition coefficient (Wildman–Crippen LogP) is 4.13. The first-order chi connectivity index (χ1) is 12.6. The lowest BCUT2D eigenvalue weighted by Gasteiger charge is -2.15. The largest absolute Gasteiger partial charge is 0.493 e. The van der Waals surface area contributed by atoms with E-state index in [2.05, 4.69) is 5.32 Å². The summed E-state index contributed by atoms with van der Waals surface area (Å²) in [4.78, 5) is 25.7. The molecule has 1 heterocycles. The van der Waals surface area contributed by atoms with E-state index >= 15 is 0 Å². The number of rotatable bonds is 5. The van der Waals surface area contributed by atoms with Gasteiger partial charge >= 0.3 is 0 Å². The van der Waals surface area contributed by atoms with E-state index in [1.54, 1.807) is 29.2 Å². The Bertz CT molecular complexity index is 847. The van der Waals surface area contributed by atoms with E-state index in [-0.39, 0.29) is 11.8 Å². The first-order valence-electron chi connectivity index (χ1n) is 8.30. The van der Waals surface area contributed by atoms with E-state index in [4.69, 9.17) is 16.3 Å². The van der Waals surface area contributed by atoms with Crippen LogP contribution in [0.15, 0.2) is 48.5 Å². The number of hydrogen-bond donors (Lipinski definition) is 1. The maximum atomic E-state index is 12.1. The lowest BCUT2D eigenvalue weighted by molar-refractivity contribution is -0.117. The molecule has 134 valence electrons. The fraction of sp³-hybridized carbons (Fsp3) is 0.200. The molecular formula is C20H19ClN2O3. The Balaban J connectivity index is 1.65. The molecule has 0 unspecified atom stereocenters. The molecule has 0 spiro atoms. The minimum atomic E-state index is -0.288. The molecule has 1 aliphatic rings. The van der Waals surface area contributed by atoms with Crippen molar-refractivity contribution < 1.29 is 14.3 Å². The van der Waals surface area contributed by atoms with Gasteiger partial charge in [-0.25, -0.2) is 0 Å². The van der Waals surface area contributed by atoms with Gasteiger partial charge in [-0.05, 0) is 42.3 Å². The molecule has 0 aromatic heterocycles. The van der Waals surface area contributed by atoms with Crippen LogP contribution in [-0.2, 0) is 9.59 Å². The van der Waals surface area contributed by atoms with E-state index in [0.29, 0.717) is 22.9 Å². The van der Waals surface area contributed by atoms with Crippen LogP contribution in [-0.4, -0.2) is 25.5 Å². The van der Waals surface area contributed by atoms with Gasteiger partial charge in [-0.1, -0.05) is 29.8 Å². The third-order valence-corrected chi connectivity index (χ3v) is 4.43. The molecule has 0 atom stereocenters. The highest BCUT2D eigenvalue weighted by Crippen LogP contribution is 2.32. The third-order valence-electron chi connectivity index (χ3n) is 4.13. The van der Waals surface area contributed by atoms with E-state index in [9.17, 15) is 9.59 Å². The smallest absolute Gasteiger partial charge is 0.248 e. The summed E-state index contributed by atoms with van der Waals surface area (Å²) in [7, 11) is 1.50. The van der Waals surface area contributed by atoms with Crippen LogP contribution in [0.2, 0.25) is 5.02 Å². The molecule has 1 saturated heterocycles. The summed E-state index contributed by atoms with van der Waals surface area (Å²) >= 11 is 6.04. The average molecular weight is 371 g/mol. The zero-order valence-electron chi connectivity index (χ0n) is 14.4. The minimum absolute atomic E-state index is 0.156. The summed E-state index contributed by atoms with van der Waals surface area (Å²) in [6.45, 7) is 0.762. The molecule has 1 N–H and O–H groups in total. The topological polar surface area (TPSA) is 58.6 Å². The van der Waals surface area contributed by atoms with Gasteiger partial charge in [0.2, 0.25) is 11.8 Å². The Hall–Kier alpha value is -2.79. The second-order valence-electron chi connectivity index (χ2n) is 5.88. The van der Waals surface area contributed by atoms with Crippen LogP contribution in [0.1, 0.15) is 18.4 Å². The van der Waals surface area contributed by atoms with E-state index < -0.39 is 0 Å².